The van der Waals surface area contributed by atoms with Crippen LogP contribution < -0.4 is 9.47 Å². The highest BCUT2D eigenvalue weighted by molar-refractivity contribution is 5.68. The van der Waals surface area contributed by atoms with Crippen LogP contribution in [0.1, 0.15) is 30.9 Å². The van der Waals surface area contributed by atoms with E-state index in [0.717, 1.165) is 0 Å². The third kappa shape index (κ3) is 6.69. The van der Waals surface area contributed by atoms with Crippen molar-refractivity contribution in [3.8, 4) is 11.5 Å². The Morgan fingerprint density at radius 1 is 0.676 bits per heavy atom. The number of hydrogen-bond donors (Lipinski definition) is 7. The van der Waals surface area contributed by atoms with Crippen molar-refractivity contribution in [2.75, 3.05) is 20.8 Å². The first-order chi connectivity index (χ1) is 17.6. The third-order valence-electron chi connectivity index (χ3n) is 6.86. The van der Waals surface area contributed by atoms with Crippen molar-refractivity contribution >= 4 is 12.2 Å². The van der Waals surface area contributed by atoms with Crippen LogP contribution in [0.3, 0.4) is 0 Å². The lowest BCUT2D eigenvalue weighted by molar-refractivity contribution is -0.227. The van der Waals surface area contributed by atoms with Gasteiger partial charge in [-0.2, -0.15) is 0 Å². The molecule has 0 radical (unpaired) electrons. The molecule has 0 saturated carbocycles. The summed E-state index contributed by atoms with van der Waals surface area (Å²) in [5.41, 5.74) is 1.38. The number of hydrogen-bond acceptors (Lipinski definition) is 11. The first kappa shape index (κ1) is 29.5. The van der Waals surface area contributed by atoms with Crippen LogP contribution in [-0.4, -0.2) is 118 Å². The highest BCUT2D eigenvalue weighted by atomic mass is 16.5. The van der Waals surface area contributed by atoms with Gasteiger partial charge in [0.15, 0.2) is 0 Å². The number of methoxy groups -OCH3 is 2. The van der Waals surface area contributed by atoms with E-state index in [0.29, 0.717) is 29.0 Å². The van der Waals surface area contributed by atoms with Crippen LogP contribution in [0, 0.1) is 0 Å². The van der Waals surface area contributed by atoms with E-state index < -0.39 is 67.6 Å². The molecule has 0 bridgehead atoms. The van der Waals surface area contributed by atoms with Gasteiger partial charge in [0, 0.05) is 11.1 Å². The lowest BCUT2D eigenvalue weighted by Gasteiger charge is -2.39. The van der Waals surface area contributed by atoms with Crippen molar-refractivity contribution in [3.05, 3.63) is 35.4 Å². The fourth-order valence-corrected chi connectivity index (χ4v) is 4.57. The van der Waals surface area contributed by atoms with Crippen molar-refractivity contribution in [1.82, 2.24) is 0 Å². The maximum absolute atomic E-state index is 10.2. The quantitative estimate of drug-likeness (QED) is 0.215. The molecule has 2 saturated heterocycles. The molecule has 11 heteroatoms. The summed E-state index contributed by atoms with van der Waals surface area (Å²) in [5, 5.41) is 69.5. The molecule has 0 aliphatic carbocycles. The van der Waals surface area contributed by atoms with Crippen LogP contribution in [0.15, 0.2) is 24.3 Å². The number of benzene rings is 1. The summed E-state index contributed by atoms with van der Waals surface area (Å²) in [7, 11) is 3.04. The van der Waals surface area contributed by atoms with Gasteiger partial charge < -0.3 is 54.7 Å². The van der Waals surface area contributed by atoms with Gasteiger partial charge in [0.25, 0.3) is 0 Å². The molecule has 1 aromatic rings. The Morgan fingerprint density at radius 2 is 1.11 bits per heavy atom. The number of rotatable bonds is 9. The highest BCUT2D eigenvalue weighted by Crippen LogP contribution is 2.32. The zero-order chi connectivity index (χ0) is 27.3. The summed E-state index contributed by atoms with van der Waals surface area (Å²) in [6, 6.07) is 3.53. The monoisotopic (exact) mass is 526 g/mol. The van der Waals surface area contributed by atoms with Gasteiger partial charge in [-0.25, -0.2) is 0 Å². The Balaban J connectivity index is 1.70. The lowest BCUT2D eigenvalue weighted by Crippen LogP contribution is -2.58. The SMILES string of the molecule is COc1cc(/C=C/C[C@H]2O[C@H](CO)C(O)[C@H](O)[C@@H]2O)c(OC)cc1/C=C/C[C@H]1OC(C)[C@@H](O)C(O)C1O. The van der Waals surface area contributed by atoms with Crippen molar-refractivity contribution < 1.29 is 54.7 Å². The van der Waals surface area contributed by atoms with Gasteiger partial charge in [-0.15, -0.1) is 0 Å². The van der Waals surface area contributed by atoms with Gasteiger partial charge in [-0.3, -0.25) is 0 Å². The molecule has 2 aliphatic rings. The molecule has 0 aromatic heterocycles. The summed E-state index contributed by atoms with van der Waals surface area (Å²) >= 11 is 0. The molecule has 208 valence electrons. The largest absolute Gasteiger partial charge is 0.496 e. The Labute approximate surface area is 215 Å². The molecule has 2 fully saturated rings. The number of ether oxygens (including phenoxy) is 4. The summed E-state index contributed by atoms with van der Waals surface area (Å²) in [6.07, 6.45) is -3.35. The van der Waals surface area contributed by atoms with Gasteiger partial charge >= 0.3 is 0 Å². The van der Waals surface area contributed by atoms with Gasteiger partial charge in [-0.05, 0) is 31.9 Å². The van der Waals surface area contributed by atoms with Crippen molar-refractivity contribution in [2.45, 2.75) is 80.8 Å². The summed E-state index contributed by atoms with van der Waals surface area (Å²) in [6.45, 7) is 1.15. The first-order valence-electron chi connectivity index (χ1n) is 12.2. The van der Waals surface area contributed by atoms with Crippen LogP contribution >= 0.6 is 0 Å². The summed E-state index contributed by atoms with van der Waals surface area (Å²) < 4.78 is 22.2. The van der Waals surface area contributed by atoms with Gasteiger partial charge in [0.2, 0.25) is 0 Å². The standard InChI is InChI=1S/C26H38O11/c1-13-21(28)25(32)22(29)16(36-13)8-4-6-14-10-19(35-3)15(11-18(14)34-2)7-5-9-17-23(30)26(33)24(31)20(12-27)37-17/h4-7,10-11,13,16-17,20-33H,8-9,12H2,1-3H3/b6-4+,7-5+/t13?,16-,17-,20-,21-,22?,23-,24?,25?,26-/m1/s1. The molecule has 0 spiro atoms. The van der Waals surface area contributed by atoms with Crippen molar-refractivity contribution in [2.24, 2.45) is 0 Å². The fourth-order valence-electron chi connectivity index (χ4n) is 4.57. The van der Waals surface area contributed by atoms with Crippen LogP contribution in [0.4, 0.5) is 0 Å². The molecule has 0 amide bonds. The van der Waals surface area contributed by atoms with Crippen LogP contribution in [-0.2, 0) is 9.47 Å². The Bertz CT molecular complexity index is 933. The molecule has 1 aromatic carbocycles. The highest BCUT2D eigenvalue weighted by Gasteiger charge is 2.43. The molecule has 10 atom stereocenters. The molecule has 2 heterocycles. The van der Waals surface area contributed by atoms with E-state index in [2.05, 4.69) is 0 Å². The average Bonchev–Trinajstić information content (AvgIpc) is 2.90. The van der Waals surface area contributed by atoms with Crippen LogP contribution in [0.2, 0.25) is 0 Å². The van der Waals surface area contributed by atoms with E-state index in [4.69, 9.17) is 18.9 Å². The van der Waals surface area contributed by atoms with E-state index in [1.54, 1.807) is 43.4 Å². The molecule has 7 N–H and O–H groups in total. The second-order valence-corrected chi connectivity index (χ2v) is 9.33. The normalized spacial score (nSPS) is 36.8. The third-order valence-corrected chi connectivity index (χ3v) is 6.86. The van der Waals surface area contributed by atoms with Gasteiger partial charge in [0.05, 0.1) is 39.1 Å². The predicted molar refractivity (Wildman–Crippen MR) is 133 cm³/mol. The smallest absolute Gasteiger partial charge is 0.126 e. The second kappa shape index (κ2) is 13.1. The lowest BCUT2D eigenvalue weighted by atomic mass is 9.93. The number of aliphatic hydroxyl groups excluding tert-OH is 7. The van der Waals surface area contributed by atoms with Crippen molar-refractivity contribution in [1.29, 1.82) is 0 Å². The van der Waals surface area contributed by atoms with E-state index >= 15 is 0 Å². The molecular formula is C26H38O11. The maximum atomic E-state index is 10.2. The molecule has 4 unspecified atom stereocenters. The predicted octanol–water partition coefficient (Wildman–Crippen LogP) is -0.777. The fraction of sp³-hybridized carbons (Fsp3) is 0.615. The average molecular weight is 527 g/mol. The molecule has 2 aliphatic heterocycles. The first-order valence-corrected chi connectivity index (χ1v) is 12.2. The molecule has 11 nitrogen and oxygen atoms in total. The maximum Gasteiger partial charge on any atom is 0.126 e. The Kier molecular flexibility index (Phi) is 10.5. The summed E-state index contributed by atoms with van der Waals surface area (Å²) in [4.78, 5) is 0. The van der Waals surface area contributed by atoms with E-state index in [9.17, 15) is 35.7 Å². The minimum absolute atomic E-state index is 0.206. The van der Waals surface area contributed by atoms with Gasteiger partial charge in [0.1, 0.15) is 54.2 Å². The topological polar surface area (TPSA) is 179 Å². The minimum atomic E-state index is -1.43. The molecule has 3 rings (SSSR count). The van der Waals surface area contributed by atoms with Crippen LogP contribution in [0.25, 0.3) is 12.2 Å². The Morgan fingerprint density at radius 3 is 1.57 bits per heavy atom. The van der Waals surface area contributed by atoms with Crippen LogP contribution in [0.5, 0.6) is 11.5 Å². The zero-order valence-corrected chi connectivity index (χ0v) is 21.1. The second-order valence-electron chi connectivity index (χ2n) is 9.33. The molecular weight excluding hydrogens is 488 g/mol. The van der Waals surface area contributed by atoms with E-state index in [-0.39, 0.29) is 6.42 Å². The number of aliphatic hydroxyl groups is 7. The van der Waals surface area contributed by atoms with Gasteiger partial charge in [-0.1, -0.05) is 24.3 Å². The van der Waals surface area contributed by atoms with E-state index in [1.807, 2.05) is 0 Å². The van der Waals surface area contributed by atoms with E-state index in [1.165, 1.54) is 14.2 Å². The zero-order valence-electron chi connectivity index (χ0n) is 21.1. The summed E-state index contributed by atoms with van der Waals surface area (Å²) in [5.74, 6) is 1.07. The Hall–Kier alpha value is -2.06. The molecule has 37 heavy (non-hydrogen) atoms. The van der Waals surface area contributed by atoms with Crippen molar-refractivity contribution in [3.63, 3.8) is 0 Å². The minimum Gasteiger partial charge on any atom is -0.496 e.